The smallest absolute Gasteiger partial charge is 0.325 e. The molecule has 1 amide bonds. The summed E-state index contributed by atoms with van der Waals surface area (Å²) in [5.74, 6) is -1.22. The topological polar surface area (TPSA) is 46.6 Å². The normalized spacial score (nSPS) is 9.95. The number of carbonyl (C=O) groups is 2. The minimum atomic E-state index is -0.485. The highest BCUT2D eigenvalue weighted by Gasteiger charge is 2.19. The van der Waals surface area contributed by atoms with Crippen molar-refractivity contribution in [2.75, 3.05) is 19.7 Å². The predicted molar refractivity (Wildman–Crippen MR) is 73.9 cm³/mol. The third kappa shape index (κ3) is 4.19. The van der Waals surface area contributed by atoms with Crippen molar-refractivity contribution in [2.45, 2.75) is 13.8 Å². The maximum atomic E-state index is 13.2. The Morgan fingerprint density at radius 3 is 2.70 bits per heavy atom. The van der Waals surface area contributed by atoms with Gasteiger partial charge in [-0.05, 0) is 37.6 Å². The first-order valence-electron chi connectivity index (χ1n) is 6.31. The van der Waals surface area contributed by atoms with Gasteiger partial charge in [-0.2, -0.15) is 0 Å². The van der Waals surface area contributed by atoms with Gasteiger partial charge in [-0.1, -0.05) is 6.08 Å². The van der Waals surface area contributed by atoms with Crippen molar-refractivity contribution >= 4 is 11.9 Å². The molecule has 1 rings (SSSR count). The maximum absolute atomic E-state index is 13.2. The molecule has 0 atom stereocenters. The quantitative estimate of drug-likeness (QED) is 0.593. The fourth-order valence-electron chi connectivity index (χ4n) is 1.70. The highest BCUT2D eigenvalue weighted by molar-refractivity contribution is 5.96. The van der Waals surface area contributed by atoms with E-state index in [1.807, 2.05) is 0 Å². The number of benzene rings is 1. The Morgan fingerprint density at radius 2 is 2.15 bits per heavy atom. The van der Waals surface area contributed by atoms with Crippen molar-refractivity contribution in [1.29, 1.82) is 0 Å². The van der Waals surface area contributed by atoms with E-state index in [4.69, 9.17) is 4.74 Å². The summed E-state index contributed by atoms with van der Waals surface area (Å²) < 4.78 is 18.0. The number of halogens is 1. The number of ether oxygens (including phenoxy) is 1. The lowest BCUT2D eigenvalue weighted by molar-refractivity contribution is -0.143. The molecule has 0 unspecified atom stereocenters. The molecule has 0 aliphatic carbocycles. The highest BCUT2D eigenvalue weighted by atomic mass is 19.1. The van der Waals surface area contributed by atoms with Gasteiger partial charge in [0.05, 0.1) is 6.61 Å². The number of rotatable bonds is 6. The summed E-state index contributed by atoms with van der Waals surface area (Å²) in [6.07, 6.45) is 1.52. The zero-order chi connectivity index (χ0) is 15.1. The maximum Gasteiger partial charge on any atom is 0.325 e. The number of amides is 1. The van der Waals surface area contributed by atoms with Crippen molar-refractivity contribution in [1.82, 2.24) is 4.90 Å². The van der Waals surface area contributed by atoms with Crippen LogP contribution in [0, 0.1) is 12.7 Å². The molecule has 4 nitrogen and oxygen atoms in total. The zero-order valence-corrected chi connectivity index (χ0v) is 11.7. The molecule has 1 aromatic carbocycles. The second-order valence-corrected chi connectivity index (χ2v) is 4.24. The molecule has 0 N–H and O–H groups in total. The Bertz CT molecular complexity index is 514. The molecule has 5 heteroatoms. The second kappa shape index (κ2) is 7.43. The van der Waals surface area contributed by atoms with Crippen LogP contribution in [0.3, 0.4) is 0 Å². The summed E-state index contributed by atoms with van der Waals surface area (Å²) in [5.41, 5.74) is 0.709. The number of nitrogens with zero attached hydrogens (tertiary/aromatic N) is 1. The molecule has 0 bridgehead atoms. The Labute approximate surface area is 117 Å². The summed E-state index contributed by atoms with van der Waals surface area (Å²) in [5, 5.41) is 0. The van der Waals surface area contributed by atoms with Gasteiger partial charge in [0.15, 0.2) is 0 Å². The first-order valence-corrected chi connectivity index (χ1v) is 6.31. The van der Waals surface area contributed by atoms with Crippen molar-refractivity contribution < 1.29 is 18.7 Å². The van der Waals surface area contributed by atoms with E-state index in [0.29, 0.717) is 11.1 Å². The Hall–Kier alpha value is -2.17. The number of hydrogen-bond donors (Lipinski definition) is 0. The molecule has 0 radical (unpaired) electrons. The van der Waals surface area contributed by atoms with Crippen LogP contribution in [-0.2, 0) is 9.53 Å². The third-order valence-electron chi connectivity index (χ3n) is 2.67. The summed E-state index contributed by atoms with van der Waals surface area (Å²) in [4.78, 5) is 25.1. The number of esters is 1. The van der Waals surface area contributed by atoms with Crippen LogP contribution in [0.2, 0.25) is 0 Å². The van der Waals surface area contributed by atoms with Gasteiger partial charge >= 0.3 is 5.97 Å². The fourth-order valence-corrected chi connectivity index (χ4v) is 1.70. The Morgan fingerprint density at radius 1 is 1.45 bits per heavy atom. The summed E-state index contributed by atoms with van der Waals surface area (Å²) >= 11 is 0. The predicted octanol–water partition coefficient (Wildman–Crippen LogP) is 2.33. The van der Waals surface area contributed by atoms with Crippen LogP contribution in [-0.4, -0.2) is 36.5 Å². The van der Waals surface area contributed by atoms with Crippen molar-refractivity contribution in [3.05, 3.63) is 47.8 Å². The zero-order valence-electron chi connectivity index (χ0n) is 11.7. The molecular weight excluding hydrogens is 261 g/mol. The molecule has 0 saturated carbocycles. The van der Waals surface area contributed by atoms with Crippen LogP contribution in [0.15, 0.2) is 30.9 Å². The average molecular weight is 279 g/mol. The van der Waals surface area contributed by atoms with E-state index in [9.17, 15) is 14.0 Å². The number of carbonyl (C=O) groups excluding carboxylic acids is 2. The van der Waals surface area contributed by atoms with Gasteiger partial charge in [-0.25, -0.2) is 4.39 Å². The molecule has 1 aromatic rings. The Kier molecular flexibility index (Phi) is 5.90. The third-order valence-corrected chi connectivity index (χ3v) is 2.67. The van der Waals surface area contributed by atoms with Crippen molar-refractivity contribution in [3.63, 3.8) is 0 Å². The van der Waals surface area contributed by atoms with Crippen LogP contribution in [0.4, 0.5) is 4.39 Å². The van der Waals surface area contributed by atoms with Gasteiger partial charge in [0.25, 0.3) is 5.91 Å². The molecule has 108 valence electrons. The largest absolute Gasteiger partial charge is 0.465 e. The van der Waals surface area contributed by atoms with Gasteiger partial charge in [-0.15, -0.1) is 6.58 Å². The van der Waals surface area contributed by atoms with Crippen molar-refractivity contribution in [3.8, 4) is 0 Å². The Balaban J connectivity index is 2.89. The van der Waals surface area contributed by atoms with Crippen LogP contribution in [0.1, 0.15) is 22.8 Å². The number of hydrogen-bond acceptors (Lipinski definition) is 3. The minimum absolute atomic E-state index is 0.158. The van der Waals surface area contributed by atoms with Gasteiger partial charge in [0.1, 0.15) is 12.4 Å². The van der Waals surface area contributed by atoms with E-state index >= 15 is 0 Å². The first-order chi connectivity index (χ1) is 9.49. The molecule has 0 saturated heterocycles. The molecular formula is C15H18FNO3. The van der Waals surface area contributed by atoms with Gasteiger partial charge in [0.2, 0.25) is 0 Å². The highest BCUT2D eigenvalue weighted by Crippen LogP contribution is 2.12. The van der Waals surface area contributed by atoms with E-state index in [0.717, 1.165) is 0 Å². The second-order valence-electron chi connectivity index (χ2n) is 4.24. The van der Waals surface area contributed by atoms with E-state index < -0.39 is 5.97 Å². The molecule has 0 aliphatic heterocycles. The van der Waals surface area contributed by atoms with Crippen LogP contribution >= 0.6 is 0 Å². The van der Waals surface area contributed by atoms with Crippen molar-refractivity contribution in [2.24, 2.45) is 0 Å². The molecule has 0 fully saturated rings. The van der Waals surface area contributed by atoms with Crippen LogP contribution in [0.5, 0.6) is 0 Å². The van der Waals surface area contributed by atoms with Crippen LogP contribution < -0.4 is 0 Å². The summed E-state index contributed by atoms with van der Waals surface area (Å²) in [6, 6.07) is 4.09. The molecule has 0 aliphatic rings. The molecule has 0 aromatic heterocycles. The standard InChI is InChI=1S/C15H18FNO3/c1-4-8-17(10-14(18)20-5-2)15(19)12-6-7-13(16)11(3)9-12/h4,6-7,9H,1,5,8,10H2,2-3H3. The van der Waals surface area contributed by atoms with E-state index in [-0.39, 0.29) is 31.4 Å². The lowest BCUT2D eigenvalue weighted by atomic mass is 10.1. The van der Waals surface area contributed by atoms with Gasteiger partial charge < -0.3 is 9.64 Å². The SMILES string of the molecule is C=CCN(CC(=O)OCC)C(=O)c1ccc(F)c(C)c1. The number of aryl methyl sites for hydroxylation is 1. The average Bonchev–Trinajstić information content (AvgIpc) is 2.41. The molecule has 20 heavy (non-hydrogen) atoms. The fraction of sp³-hybridized carbons (Fsp3) is 0.333. The van der Waals surface area contributed by atoms with E-state index in [1.54, 1.807) is 13.8 Å². The lowest BCUT2D eigenvalue weighted by Crippen LogP contribution is -2.36. The van der Waals surface area contributed by atoms with Crippen LogP contribution in [0.25, 0.3) is 0 Å². The monoisotopic (exact) mass is 279 g/mol. The molecule has 0 heterocycles. The summed E-state index contributed by atoms with van der Waals surface area (Å²) in [6.45, 7) is 7.14. The summed E-state index contributed by atoms with van der Waals surface area (Å²) in [7, 11) is 0. The first kappa shape index (κ1) is 15.9. The van der Waals surface area contributed by atoms with E-state index in [2.05, 4.69) is 6.58 Å². The van der Waals surface area contributed by atoms with Gasteiger partial charge in [0, 0.05) is 12.1 Å². The minimum Gasteiger partial charge on any atom is -0.465 e. The van der Waals surface area contributed by atoms with Gasteiger partial charge in [-0.3, -0.25) is 9.59 Å². The van der Waals surface area contributed by atoms with E-state index in [1.165, 1.54) is 29.2 Å². The molecule has 0 spiro atoms. The lowest BCUT2D eigenvalue weighted by Gasteiger charge is -2.20.